The lowest BCUT2D eigenvalue weighted by Crippen LogP contribution is -2.56. The first-order valence-corrected chi connectivity index (χ1v) is 5.95. The largest absolute Gasteiger partial charge is 0.399 e. The minimum absolute atomic E-state index is 0.160. The Labute approximate surface area is 100 Å². The zero-order valence-corrected chi connectivity index (χ0v) is 9.60. The van der Waals surface area contributed by atoms with Crippen LogP contribution in [0.15, 0.2) is 24.3 Å². The number of β-amino-alcohol motifs (C(OH)–C–C–N with tert-alkyl or cyclic N) is 1. The number of carbonyl (C=O) groups is 1. The first-order chi connectivity index (χ1) is 8.12. The van der Waals surface area contributed by atoms with Gasteiger partial charge in [-0.25, -0.2) is 0 Å². The molecular formula is C13H16N2O2. The molecule has 4 heteroatoms. The number of aliphatic hydroxyl groups is 1. The highest BCUT2D eigenvalue weighted by atomic mass is 16.3. The molecule has 17 heavy (non-hydrogen) atoms. The van der Waals surface area contributed by atoms with E-state index >= 15 is 0 Å². The molecule has 3 N–H and O–H groups in total. The van der Waals surface area contributed by atoms with Crippen LogP contribution in [0, 0.1) is 0 Å². The highest BCUT2D eigenvalue weighted by Crippen LogP contribution is 2.50. The van der Waals surface area contributed by atoms with Crippen molar-refractivity contribution in [2.24, 2.45) is 0 Å². The smallest absolute Gasteiger partial charge is 0.233 e. The second kappa shape index (κ2) is 3.47. The standard InChI is InChI=1S/C13H16N2O2/c14-10-3-1-9(2-4-10)13(5-6-13)12(17)15-7-11(16)8-15/h1-4,11,16H,5-8,14H2. The van der Waals surface area contributed by atoms with E-state index in [4.69, 9.17) is 5.73 Å². The molecule has 1 aliphatic carbocycles. The van der Waals surface area contributed by atoms with Gasteiger partial charge in [-0.3, -0.25) is 4.79 Å². The Morgan fingerprint density at radius 3 is 2.35 bits per heavy atom. The average molecular weight is 232 g/mol. The molecule has 1 heterocycles. The molecule has 1 aromatic carbocycles. The van der Waals surface area contributed by atoms with Crippen molar-refractivity contribution in [1.82, 2.24) is 4.90 Å². The summed E-state index contributed by atoms with van der Waals surface area (Å²) in [5, 5.41) is 9.25. The summed E-state index contributed by atoms with van der Waals surface area (Å²) in [7, 11) is 0. The average Bonchev–Trinajstić information content (AvgIpc) is 3.06. The number of hydrogen-bond donors (Lipinski definition) is 2. The van der Waals surface area contributed by atoms with E-state index in [-0.39, 0.29) is 17.4 Å². The number of aliphatic hydroxyl groups excluding tert-OH is 1. The Hall–Kier alpha value is -1.55. The molecule has 2 aliphatic rings. The molecule has 4 nitrogen and oxygen atoms in total. The minimum Gasteiger partial charge on any atom is -0.399 e. The van der Waals surface area contributed by atoms with Crippen molar-refractivity contribution in [2.45, 2.75) is 24.4 Å². The number of nitrogens with two attached hydrogens (primary N) is 1. The summed E-state index contributed by atoms with van der Waals surface area (Å²) in [6.45, 7) is 0.963. The Kier molecular flexibility index (Phi) is 2.16. The summed E-state index contributed by atoms with van der Waals surface area (Å²) < 4.78 is 0. The molecule has 0 aromatic heterocycles. The fourth-order valence-electron chi connectivity index (χ4n) is 2.48. The summed E-state index contributed by atoms with van der Waals surface area (Å²) in [6.07, 6.45) is 1.48. The third-order valence-corrected chi connectivity index (χ3v) is 3.77. The van der Waals surface area contributed by atoms with Crippen LogP contribution < -0.4 is 5.73 Å². The molecule has 0 unspecified atom stereocenters. The van der Waals surface area contributed by atoms with Gasteiger partial charge in [-0.2, -0.15) is 0 Å². The summed E-state index contributed by atoms with van der Waals surface area (Å²) in [6, 6.07) is 7.56. The lowest BCUT2D eigenvalue weighted by molar-refractivity contribution is -0.144. The van der Waals surface area contributed by atoms with E-state index in [9.17, 15) is 9.90 Å². The fraction of sp³-hybridized carbons (Fsp3) is 0.462. The van der Waals surface area contributed by atoms with Gasteiger partial charge in [0.15, 0.2) is 0 Å². The molecule has 1 amide bonds. The Bertz CT molecular complexity index is 445. The number of benzene rings is 1. The molecule has 2 fully saturated rings. The molecule has 90 valence electrons. The molecule has 1 saturated heterocycles. The van der Waals surface area contributed by atoms with Crippen molar-refractivity contribution in [3.05, 3.63) is 29.8 Å². The maximum Gasteiger partial charge on any atom is 0.233 e. The van der Waals surface area contributed by atoms with E-state index < -0.39 is 0 Å². The number of carbonyl (C=O) groups excluding carboxylic acids is 1. The van der Waals surface area contributed by atoms with Crippen LogP contribution in [-0.2, 0) is 10.2 Å². The van der Waals surface area contributed by atoms with E-state index in [1.807, 2.05) is 24.3 Å². The van der Waals surface area contributed by atoms with Crippen LogP contribution in [0.4, 0.5) is 5.69 Å². The van der Waals surface area contributed by atoms with Crippen LogP contribution in [0.2, 0.25) is 0 Å². The number of likely N-dealkylation sites (tertiary alicyclic amines) is 1. The summed E-state index contributed by atoms with van der Waals surface area (Å²) in [4.78, 5) is 14.1. The molecule has 1 saturated carbocycles. The number of anilines is 1. The van der Waals surface area contributed by atoms with Gasteiger partial charge in [-0.1, -0.05) is 12.1 Å². The SMILES string of the molecule is Nc1ccc(C2(C(=O)N3CC(O)C3)CC2)cc1. The van der Waals surface area contributed by atoms with Gasteiger partial charge >= 0.3 is 0 Å². The van der Waals surface area contributed by atoms with Crippen molar-refractivity contribution in [1.29, 1.82) is 0 Å². The van der Waals surface area contributed by atoms with Crippen molar-refractivity contribution in [3.63, 3.8) is 0 Å². The van der Waals surface area contributed by atoms with E-state index in [1.165, 1.54) is 0 Å². The summed E-state index contributed by atoms with van der Waals surface area (Å²) >= 11 is 0. The van der Waals surface area contributed by atoms with Crippen molar-refractivity contribution < 1.29 is 9.90 Å². The number of nitrogen functional groups attached to an aromatic ring is 1. The molecule has 0 spiro atoms. The third-order valence-electron chi connectivity index (χ3n) is 3.77. The van der Waals surface area contributed by atoms with E-state index in [0.29, 0.717) is 13.1 Å². The van der Waals surface area contributed by atoms with Crippen LogP contribution in [0.5, 0.6) is 0 Å². The maximum atomic E-state index is 12.3. The first kappa shape index (κ1) is 10.6. The topological polar surface area (TPSA) is 66.6 Å². The lowest BCUT2D eigenvalue weighted by Gasteiger charge is -2.38. The second-order valence-electron chi connectivity index (χ2n) is 5.07. The van der Waals surface area contributed by atoms with Crippen molar-refractivity contribution in [3.8, 4) is 0 Å². The second-order valence-corrected chi connectivity index (χ2v) is 5.07. The van der Waals surface area contributed by atoms with Gasteiger partial charge < -0.3 is 15.7 Å². The van der Waals surface area contributed by atoms with Gasteiger partial charge in [0.2, 0.25) is 5.91 Å². The maximum absolute atomic E-state index is 12.3. The Balaban J connectivity index is 1.81. The number of amides is 1. The highest BCUT2D eigenvalue weighted by Gasteiger charge is 2.54. The molecule has 1 aliphatic heterocycles. The molecular weight excluding hydrogens is 216 g/mol. The van der Waals surface area contributed by atoms with Gasteiger partial charge in [-0.05, 0) is 30.5 Å². The predicted octanol–water partition coefficient (Wildman–Crippen LogP) is 0.503. The van der Waals surface area contributed by atoms with Crippen LogP contribution in [0.3, 0.4) is 0 Å². The van der Waals surface area contributed by atoms with E-state index in [0.717, 1.165) is 24.1 Å². The van der Waals surface area contributed by atoms with Crippen LogP contribution in [-0.4, -0.2) is 35.1 Å². The van der Waals surface area contributed by atoms with E-state index in [2.05, 4.69) is 0 Å². The number of hydrogen-bond acceptors (Lipinski definition) is 3. The van der Waals surface area contributed by atoms with Crippen LogP contribution in [0.1, 0.15) is 18.4 Å². The molecule has 0 bridgehead atoms. The molecule has 0 radical (unpaired) electrons. The first-order valence-electron chi connectivity index (χ1n) is 5.95. The van der Waals surface area contributed by atoms with Gasteiger partial charge in [-0.15, -0.1) is 0 Å². The zero-order valence-electron chi connectivity index (χ0n) is 9.60. The predicted molar refractivity (Wildman–Crippen MR) is 64.4 cm³/mol. The molecule has 3 rings (SSSR count). The summed E-state index contributed by atoms with van der Waals surface area (Å²) in [5.41, 5.74) is 7.10. The van der Waals surface area contributed by atoms with Gasteiger partial charge in [0.05, 0.1) is 11.5 Å². The van der Waals surface area contributed by atoms with Crippen molar-refractivity contribution >= 4 is 11.6 Å². The molecule has 1 aromatic rings. The molecule has 0 atom stereocenters. The third kappa shape index (κ3) is 1.60. The van der Waals surface area contributed by atoms with Crippen LogP contribution >= 0.6 is 0 Å². The normalized spacial score (nSPS) is 22.1. The Morgan fingerprint density at radius 2 is 1.88 bits per heavy atom. The van der Waals surface area contributed by atoms with Crippen molar-refractivity contribution in [2.75, 3.05) is 18.8 Å². The Morgan fingerprint density at radius 1 is 1.29 bits per heavy atom. The van der Waals surface area contributed by atoms with Gasteiger partial charge in [0, 0.05) is 18.8 Å². The lowest BCUT2D eigenvalue weighted by atomic mass is 9.92. The zero-order chi connectivity index (χ0) is 12.0. The van der Waals surface area contributed by atoms with E-state index in [1.54, 1.807) is 4.90 Å². The van der Waals surface area contributed by atoms with Gasteiger partial charge in [0.25, 0.3) is 0 Å². The number of nitrogens with zero attached hydrogens (tertiary/aromatic N) is 1. The van der Waals surface area contributed by atoms with Crippen LogP contribution in [0.25, 0.3) is 0 Å². The highest BCUT2D eigenvalue weighted by molar-refractivity contribution is 5.92. The minimum atomic E-state index is -0.332. The monoisotopic (exact) mass is 232 g/mol. The fourth-order valence-corrected chi connectivity index (χ4v) is 2.48. The van der Waals surface area contributed by atoms with Gasteiger partial charge in [0.1, 0.15) is 0 Å². The number of rotatable bonds is 2. The quantitative estimate of drug-likeness (QED) is 0.730. The summed E-state index contributed by atoms with van der Waals surface area (Å²) in [5.74, 6) is 0.160.